The van der Waals surface area contributed by atoms with Gasteiger partial charge in [0.2, 0.25) is 0 Å². The van der Waals surface area contributed by atoms with Crippen molar-refractivity contribution >= 4 is 34.8 Å². The van der Waals surface area contributed by atoms with Crippen molar-refractivity contribution in [1.82, 2.24) is 21.3 Å². The van der Waals surface area contributed by atoms with Gasteiger partial charge in [0.1, 0.15) is 0 Å². The second-order valence-electron chi connectivity index (χ2n) is 3.89. The molecule has 0 bridgehead atoms. The molecule has 0 aliphatic carbocycles. The number of halogens is 2. The third-order valence-corrected chi connectivity index (χ3v) is 2.37. The summed E-state index contributed by atoms with van der Waals surface area (Å²) in [6.07, 6.45) is 2.44. The molecular formula is C12H24Cl2CrN6S2. The van der Waals surface area contributed by atoms with E-state index in [0.717, 1.165) is 52.4 Å². The van der Waals surface area contributed by atoms with E-state index in [9.17, 15) is 0 Å². The van der Waals surface area contributed by atoms with Crippen molar-refractivity contribution in [2.75, 3.05) is 52.4 Å². The molecule has 0 atom stereocenters. The molecule has 134 valence electrons. The molecule has 0 radical (unpaired) electrons. The third kappa shape index (κ3) is 45.0. The molecule has 0 aromatic rings. The molecule has 6 nitrogen and oxygen atoms in total. The maximum atomic E-state index is 7.13. The van der Waals surface area contributed by atoms with Crippen molar-refractivity contribution in [2.45, 2.75) is 12.8 Å². The molecule has 1 heterocycles. The van der Waals surface area contributed by atoms with E-state index in [1.165, 1.54) is 23.2 Å². The summed E-state index contributed by atoms with van der Waals surface area (Å²) in [5.41, 5.74) is 0. The summed E-state index contributed by atoms with van der Waals surface area (Å²) in [5.74, 6) is 0. The van der Waals surface area contributed by atoms with Crippen molar-refractivity contribution in [2.24, 2.45) is 0 Å². The summed E-state index contributed by atoms with van der Waals surface area (Å²) in [4.78, 5) is 0. The monoisotopic (exact) mass is 438 g/mol. The van der Waals surface area contributed by atoms with Crippen LogP contribution in [0.4, 0.5) is 0 Å². The quantitative estimate of drug-likeness (QED) is 0.222. The fourth-order valence-corrected chi connectivity index (χ4v) is 1.53. The molecule has 0 saturated carbocycles. The number of nitrogens with one attached hydrogen (secondary N) is 4. The van der Waals surface area contributed by atoms with Crippen LogP contribution in [-0.4, -0.2) is 62.7 Å². The Balaban J connectivity index is -0.000000105. The van der Waals surface area contributed by atoms with E-state index in [1.807, 2.05) is 0 Å². The van der Waals surface area contributed by atoms with Crippen LogP contribution in [0.1, 0.15) is 12.8 Å². The second-order valence-corrected chi connectivity index (χ2v) is 4.25. The van der Waals surface area contributed by atoms with Crippen molar-refractivity contribution in [3.63, 3.8) is 0 Å². The van der Waals surface area contributed by atoms with Crippen LogP contribution in [0.3, 0.4) is 0 Å². The van der Waals surface area contributed by atoms with Gasteiger partial charge < -0.3 is 56.9 Å². The first kappa shape index (κ1) is 34.8. The molecule has 1 fully saturated rings. The minimum Gasteiger partial charge on any atom is -1.00 e. The fourth-order valence-electron chi connectivity index (χ4n) is 1.53. The fraction of sp³-hybridized carbons (Fsp3) is 0.833. The van der Waals surface area contributed by atoms with Crippen LogP contribution in [0, 0.1) is 0 Å². The summed E-state index contributed by atoms with van der Waals surface area (Å²) in [6, 6.07) is 0. The first-order valence-electron chi connectivity index (χ1n) is 6.68. The predicted molar refractivity (Wildman–Crippen MR) is 92.6 cm³/mol. The van der Waals surface area contributed by atoms with E-state index < -0.39 is 0 Å². The van der Waals surface area contributed by atoms with Crippen LogP contribution in [-0.2, 0) is 17.4 Å². The molecular weight excluding hydrogens is 415 g/mol. The maximum Gasteiger partial charge on any atom is 4.00 e. The van der Waals surface area contributed by atoms with Gasteiger partial charge in [-0.15, -0.1) is 0 Å². The van der Waals surface area contributed by atoms with Crippen molar-refractivity contribution in [3.8, 4) is 0 Å². The Labute approximate surface area is 173 Å². The number of thiocarbonyl (C=S) groups is 2. The van der Waals surface area contributed by atoms with Gasteiger partial charge in [0, 0.05) is 26.2 Å². The minimum absolute atomic E-state index is 0. The summed E-state index contributed by atoms with van der Waals surface area (Å²) in [5, 5.41) is 30.6. The third-order valence-electron chi connectivity index (χ3n) is 2.37. The number of hydrogen-bond acceptors (Lipinski definition) is 6. The van der Waals surface area contributed by atoms with Gasteiger partial charge in [0.05, 0.1) is 0 Å². The average Bonchev–Trinajstić information content (AvgIpc) is 2.43. The molecule has 0 spiro atoms. The van der Waals surface area contributed by atoms with Crippen molar-refractivity contribution < 1.29 is 42.2 Å². The Kier molecular flexibility index (Phi) is 57.9. The average molecular weight is 439 g/mol. The number of hydrogen-bond donors (Lipinski definition) is 4. The van der Waals surface area contributed by atoms with Crippen LogP contribution in [0.5, 0.6) is 0 Å². The minimum atomic E-state index is 0. The Hall–Kier alpha value is 0.552. The van der Waals surface area contributed by atoms with E-state index in [-0.39, 0.29) is 42.2 Å². The van der Waals surface area contributed by atoms with Gasteiger partial charge in [0.15, 0.2) is 0 Å². The normalized spacial score (nSPS) is 15.3. The molecule has 0 aromatic carbocycles. The van der Waals surface area contributed by atoms with Gasteiger partial charge in [-0.05, 0) is 39.0 Å². The first-order chi connectivity index (χ1) is 9.83. The molecule has 1 rings (SSSR count). The van der Waals surface area contributed by atoms with Gasteiger partial charge >= 0.3 is 17.4 Å². The second kappa shape index (κ2) is 38.2. The largest absolute Gasteiger partial charge is 4.00 e. The van der Waals surface area contributed by atoms with E-state index >= 15 is 0 Å². The summed E-state index contributed by atoms with van der Waals surface area (Å²) < 4.78 is 0. The predicted octanol–water partition coefficient (Wildman–Crippen LogP) is -5.54. The molecule has 23 heavy (non-hydrogen) atoms. The summed E-state index contributed by atoms with van der Waals surface area (Å²) >= 11 is 7.40. The Morgan fingerprint density at radius 2 is 0.739 bits per heavy atom. The van der Waals surface area contributed by atoms with E-state index in [4.69, 9.17) is 10.8 Å². The smallest absolute Gasteiger partial charge is 1.00 e. The van der Waals surface area contributed by atoms with Crippen LogP contribution in [0.25, 0.3) is 10.8 Å². The molecule has 0 amide bonds. The first-order valence-corrected chi connectivity index (χ1v) is 7.50. The van der Waals surface area contributed by atoms with Crippen LogP contribution >= 0.6 is 24.4 Å². The SMILES string of the molecule is C1CNCCNCCCNCCNC1.[Cl-].[Cl-].[Cr+4].[N-]=C=S.[N-]=C=S. The van der Waals surface area contributed by atoms with Gasteiger partial charge in [-0.25, -0.2) is 0 Å². The van der Waals surface area contributed by atoms with Crippen LogP contribution in [0.15, 0.2) is 0 Å². The molecule has 0 unspecified atom stereocenters. The summed E-state index contributed by atoms with van der Waals surface area (Å²) in [7, 11) is 0. The molecule has 1 aliphatic heterocycles. The van der Waals surface area contributed by atoms with Crippen molar-refractivity contribution in [1.29, 1.82) is 0 Å². The zero-order valence-electron chi connectivity index (χ0n) is 12.9. The molecule has 0 aromatic heterocycles. The van der Waals surface area contributed by atoms with Crippen LogP contribution in [0.2, 0.25) is 0 Å². The number of nitrogens with zero attached hydrogens (tertiary/aromatic N) is 2. The Morgan fingerprint density at radius 3 is 0.913 bits per heavy atom. The standard InChI is InChI=1S/C10H24N4.2CNS.2ClH.Cr/c1-3-11-7-9-13-5-2-6-14-10-8-12-4-1;2*2-1-3;;;/h11-14H,1-10H2;;;2*1H;/q;2*-1;;;+4/p-2. The number of isothiocyanates is 2. The zero-order chi connectivity index (χ0) is 15.3. The van der Waals surface area contributed by atoms with Gasteiger partial charge in [0.25, 0.3) is 0 Å². The van der Waals surface area contributed by atoms with E-state index in [0.29, 0.717) is 0 Å². The van der Waals surface area contributed by atoms with Crippen molar-refractivity contribution in [3.05, 3.63) is 10.8 Å². The molecule has 4 N–H and O–H groups in total. The Bertz CT molecular complexity index is 201. The maximum absolute atomic E-state index is 7.13. The number of rotatable bonds is 0. The van der Waals surface area contributed by atoms with E-state index in [1.54, 1.807) is 0 Å². The molecule has 1 saturated heterocycles. The summed E-state index contributed by atoms with van der Waals surface area (Å²) in [6.45, 7) is 8.87. The molecule has 1 aliphatic rings. The van der Waals surface area contributed by atoms with Gasteiger partial charge in [-0.3, -0.25) is 0 Å². The van der Waals surface area contributed by atoms with E-state index in [2.05, 4.69) is 45.7 Å². The van der Waals surface area contributed by atoms with Crippen LogP contribution < -0.4 is 46.1 Å². The van der Waals surface area contributed by atoms with Gasteiger partial charge in [-0.2, -0.15) is 10.3 Å². The topological polar surface area (TPSA) is 92.7 Å². The Morgan fingerprint density at radius 1 is 0.565 bits per heavy atom. The molecule has 11 heteroatoms. The van der Waals surface area contributed by atoms with Gasteiger partial charge in [-0.1, -0.05) is 24.4 Å². The zero-order valence-corrected chi connectivity index (χ0v) is 17.4.